The fraction of sp³-hybridized carbons (Fsp3) is 1.00. The third-order valence-corrected chi connectivity index (χ3v) is 6.10. The molecular formula is C14H22O2. The minimum absolute atomic E-state index is 0.0212. The summed E-state index contributed by atoms with van der Waals surface area (Å²) in [6, 6.07) is 0. The maximum Gasteiger partial charge on any atom is 0.0608 e. The van der Waals surface area contributed by atoms with Crippen LogP contribution in [0.5, 0.6) is 0 Å². The zero-order chi connectivity index (χ0) is 10.9. The molecule has 0 spiro atoms. The predicted octanol–water partition coefficient (Wildman–Crippen LogP) is 2.06. The Balaban J connectivity index is 1.61. The van der Waals surface area contributed by atoms with Gasteiger partial charge in [0, 0.05) is 6.61 Å². The number of hydrogen-bond donors (Lipinski definition) is 1. The van der Waals surface area contributed by atoms with Gasteiger partial charge in [0.15, 0.2) is 0 Å². The largest absolute Gasteiger partial charge is 0.393 e. The van der Waals surface area contributed by atoms with E-state index in [2.05, 4.69) is 6.92 Å². The van der Waals surface area contributed by atoms with E-state index >= 15 is 0 Å². The zero-order valence-corrected chi connectivity index (χ0v) is 10.0. The molecule has 8 atom stereocenters. The Kier molecular flexibility index (Phi) is 2.00. The number of aliphatic hydroxyl groups is 1. The Morgan fingerprint density at radius 3 is 2.56 bits per heavy atom. The van der Waals surface area contributed by atoms with Gasteiger partial charge in [-0.3, -0.25) is 0 Å². The zero-order valence-electron chi connectivity index (χ0n) is 10.0. The van der Waals surface area contributed by atoms with Crippen LogP contribution in [-0.4, -0.2) is 23.9 Å². The molecular weight excluding hydrogens is 200 g/mol. The second kappa shape index (κ2) is 3.23. The summed E-state index contributed by atoms with van der Waals surface area (Å²) in [7, 11) is 0. The van der Waals surface area contributed by atoms with Gasteiger partial charge in [-0.1, -0.05) is 0 Å². The molecule has 0 aromatic rings. The quantitative estimate of drug-likeness (QED) is 0.725. The van der Waals surface area contributed by atoms with Crippen LogP contribution in [0.4, 0.5) is 0 Å². The molecule has 0 aromatic heterocycles. The van der Waals surface area contributed by atoms with Crippen LogP contribution in [0.1, 0.15) is 32.6 Å². The Hall–Kier alpha value is -0.0800. The SMILES string of the molecule is CCOC1CC2CC1C1C3C[C@H](CC3O)C21. The van der Waals surface area contributed by atoms with Crippen molar-refractivity contribution in [2.75, 3.05) is 6.61 Å². The van der Waals surface area contributed by atoms with E-state index in [0.29, 0.717) is 12.0 Å². The van der Waals surface area contributed by atoms with Gasteiger partial charge in [0.2, 0.25) is 0 Å². The van der Waals surface area contributed by atoms with Crippen LogP contribution in [0.15, 0.2) is 0 Å². The summed E-state index contributed by atoms with van der Waals surface area (Å²) < 4.78 is 5.91. The lowest BCUT2D eigenvalue weighted by Crippen LogP contribution is -2.40. The van der Waals surface area contributed by atoms with Gasteiger partial charge in [0.05, 0.1) is 12.2 Å². The molecule has 4 rings (SSSR count). The van der Waals surface area contributed by atoms with E-state index in [0.717, 1.165) is 42.6 Å². The smallest absolute Gasteiger partial charge is 0.0608 e. The molecule has 4 aliphatic rings. The van der Waals surface area contributed by atoms with Crippen LogP contribution < -0.4 is 0 Å². The molecule has 0 saturated heterocycles. The fourth-order valence-electron chi connectivity index (χ4n) is 5.91. The molecule has 2 nitrogen and oxygen atoms in total. The first-order chi connectivity index (χ1) is 7.79. The lowest BCUT2D eigenvalue weighted by atomic mass is 9.69. The van der Waals surface area contributed by atoms with Gasteiger partial charge in [-0.05, 0) is 68.1 Å². The summed E-state index contributed by atoms with van der Waals surface area (Å²) in [5.74, 6) is 5.02. The lowest BCUT2D eigenvalue weighted by Gasteiger charge is -2.40. The Labute approximate surface area is 97.4 Å². The highest BCUT2D eigenvalue weighted by atomic mass is 16.5. The average molecular weight is 222 g/mol. The number of aliphatic hydroxyl groups excluding tert-OH is 1. The van der Waals surface area contributed by atoms with E-state index in [1.807, 2.05) is 0 Å². The van der Waals surface area contributed by atoms with E-state index in [9.17, 15) is 5.11 Å². The molecule has 4 saturated carbocycles. The summed E-state index contributed by atoms with van der Waals surface area (Å²) in [4.78, 5) is 0. The van der Waals surface area contributed by atoms with Gasteiger partial charge in [-0.15, -0.1) is 0 Å². The van der Waals surface area contributed by atoms with Gasteiger partial charge < -0.3 is 9.84 Å². The average Bonchev–Trinajstić information content (AvgIpc) is 2.92. The number of rotatable bonds is 2. The first-order valence-corrected chi connectivity index (χ1v) is 7.09. The van der Waals surface area contributed by atoms with Crippen LogP contribution in [0.3, 0.4) is 0 Å². The highest BCUT2D eigenvalue weighted by Crippen LogP contribution is 2.67. The van der Waals surface area contributed by atoms with Crippen LogP contribution in [-0.2, 0) is 4.74 Å². The molecule has 0 heterocycles. The van der Waals surface area contributed by atoms with Crippen molar-refractivity contribution in [3.63, 3.8) is 0 Å². The van der Waals surface area contributed by atoms with Crippen molar-refractivity contribution in [3.8, 4) is 0 Å². The Bertz CT molecular complexity index is 303. The monoisotopic (exact) mass is 222 g/mol. The van der Waals surface area contributed by atoms with Crippen molar-refractivity contribution < 1.29 is 9.84 Å². The molecule has 7 unspecified atom stereocenters. The van der Waals surface area contributed by atoms with Gasteiger partial charge in [-0.25, -0.2) is 0 Å². The second-order valence-corrected chi connectivity index (χ2v) is 6.51. The highest BCUT2D eigenvalue weighted by Gasteiger charge is 2.64. The van der Waals surface area contributed by atoms with Gasteiger partial charge in [0.1, 0.15) is 0 Å². The molecule has 90 valence electrons. The number of ether oxygens (including phenoxy) is 1. The third kappa shape index (κ3) is 1.06. The summed E-state index contributed by atoms with van der Waals surface area (Å²) in [5.41, 5.74) is 0. The minimum Gasteiger partial charge on any atom is -0.393 e. The number of fused-ring (bicyclic) bond motifs is 9. The first kappa shape index (κ1) is 9.90. The molecule has 4 bridgehead atoms. The van der Waals surface area contributed by atoms with E-state index in [1.54, 1.807) is 0 Å². The molecule has 0 radical (unpaired) electrons. The predicted molar refractivity (Wildman–Crippen MR) is 60.8 cm³/mol. The van der Waals surface area contributed by atoms with E-state index < -0.39 is 0 Å². The second-order valence-electron chi connectivity index (χ2n) is 6.51. The number of hydrogen-bond acceptors (Lipinski definition) is 2. The topological polar surface area (TPSA) is 29.5 Å². The highest BCUT2D eigenvalue weighted by molar-refractivity contribution is 5.13. The summed E-state index contributed by atoms with van der Waals surface area (Å²) in [5, 5.41) is 10.1. The summed E-state index contributed by atoms with van der Waals surface area (Å²) >= 11 is 0. The normalized spacial score (nSPS) is 61.9. The van der Waals surface area contributed by atoms with Crippen molar-refractivity contribution in [1.29, 1.82) is 0 Å². The molecule has 16 heavy (non-hydrogen) atoms. The summed E-state index contributed by atoms with van der Waals surface area (Å²) in [6.07, 6.45) is 5.70. The van der Waals surface area contributed by atoms with E-state index in [4.69, 9.17) is 4.74 Å². The Morgan fingerprint density at radius 2 is 1.75 bits per heavy atom. The van der Waals surface area contributed by atoms with Gasteiger partial charge in [0.25, 0.3) is 0 Å². The van der Waals surface area contributed by atoms with Crippen molar-refractivity contribution >= 4 is 0 Å². The molecule has 0 amide bonds. The van der Waals surface area contributed by atoms with Crippen LogP contribution >= 0.6 is 0 Å². The van der Waals surface area contributed by atoms with Crippen LogP contribution in [0.2, 0.25) is 0 Å². The fourth-order valence-corrected chi connectivity index (χ4v) is 5.91. The standard InChI is InChI=1S/C14H22O2/c1-2-16-12-6-8-4-10(12)14-9-3-7(13(8)14)5-11(9)15/h7-15H,2-6H2,1H3/t7-,8?,9?,10?,11?,12?,13?,14?/m1/s1. The van der Waals surface area contributed by atoms with Crippen molar-refractivity contribution in [2.24, 2.45) is 35.5 Å². The molecule has 0 aliphatic heterocycles. The van der Waals surface area contributed by atoms with Gasteiger partial charge >= 0.3 is 0 Å². The van der Waals surface area contributed by atoms with E-state index in [1.165, 1.54) is 19.3 Å². The van der Waals surface area contributed by atoms with E-state index in [-0.39, 0.29) is 6.10 Å². The molecule has 0 aromatic carbocycles. The maximum absolute atomic E-state index is 10.1. The van der Waals surface area contributed by atoms with Crippen molar-refractivity contribution in [1.82, 2.24) is 0 Å². The first-order valence-electron chi connectivity index (χ1n) is 7.09. The lowest BCUT2D eigenvalue weighted by molar-refractivity contribution is -0.0468. The van der Waals surface area contributed by atoms with Crippen LogP contribution in [0, 0.1) is 35.5 Å². The molecule has 2 heteroatoms. The van der Waals surface area contributed by atoms with Gasteiger partial charge in [-0.2, -0.15) is 0 Å². The van der Waals surface area contributed by atoms with Crippen LogP contribution in [0.25, 0.3) is 0 Å². The molecule has 4 fully saturated rings. The summed E-state index contributed by atoms with van der Waals surface area (Å²) in [6.45, 7) is 2.97. The minimum atomic E-state index is 0.0212. The molecule has 4 aliphatic carbocycles. The molecule has 1 N–H and O–H groups in total. The van der Waals surface area contributed by atoms with Crippen molar-refractivity contribution in [2.45, 2.75) is 44.8 Å². The van der Waals surface area contributed by atoms with Crippen molar-refractivity contribution in [3.05, 3.63) is 0 Å². The maximum atomic E-state index is 10.1. The third-order valence-electron chi connectivity index (χ3n) is 6.10. The Morgan fingerprint density at radius 1 is 1.00 bits per heavy atom.